The fourth-order valence-corrected chi connectivity index (χ4v) is 5.53. The van der Waals surface area contributed by atoms with Crippen LogP contribution in [0.2, 0.25) is 0 Å². The predicted molar refractivity (Wildman–Crippen MR) is 135 cm³/mol. The molecule has 0 radical (unpaired) electrons. The van der Waals surface area contributed by atoms with Crippen molar-refractivity contribution in [3.63, 3.8) is 0 Å². The predicted octanol–water partition coefficient (Wildman–Crippen LogP) is 4.46. The van der Waals surface area contributed by atoms with Crippen LogP contribution in [0.15, 0.2) is 24.8 Å². The first-order valence-corrected chi connectivity index (χ1v) is 12.5. The molecule has 1 saturated heterocycles. The van der Waals surface area contributed by atoms with Gasteiger partial charge in [0.05, 0.1) is 24.5 Å². The van der Waals surface area contributed by atoms with Crippen LogP contribution in [-0.4, -0.2) is 68.8 Å². The van der Waals surface area contributed by atoms with E-state index in [9.17, 15) is 0 Å². The van der Waals surface area contributed by atoms with E-state index in [1.165, 1.54) is 25.7 Å². The number of aromatic amines is 1. The normalized spacial score (nSPS) is 19.4. The topological polar surface area (TPSA) is 74.6 Å². The molecule has 184 valence electrons. The summed E-state index contributed by atoms with van der Waals surface area (Å²) in [5, 5.41) is 4.90. The van der Waals surface area contributed by atoms with Gasteiger partial charge >= 0.3 is 0 Å². The molecule has 1 aliphatic carbocycles. The summed E-state index contributed by atoms with van der Waals surface area (Å²) in [6.07, 6.45) is 7.88. The third kappa shape index (κ3) is 3.82. The first-order valence-electron chi connectivity index (χ1n) is 12.5. The molecule has 9 heteroatoms. The van der Waals surface area contributed by atoms with Gasteiger partial charge in [-0.1, -0.05) is 13.8 Å². The highest BCUT2D eigenvalue weighted by Gasteiger charge is 2.32. The lowest BCUT2D eigenvalue weighted by Gasteiger charge is -2.40. The van der Waals surface area contributed by atoms with Gasteiger partial charge in [-0.05, 0) is 43.2 Å². The van der Waals surface area contributed by atoms with Gasteiger partial charge in [0.1, 0.15) is 6.33 Å². The lowest BCUT2D eigenvalue weighted by molar-refractivity contribution is 0.219. The van der Waals surface area contributed by atoms with Crippen molar-refractivity contribution in [1.29, 1.82) is 0 Å². The Morgan fingerprint density at radius 1 is 1.23 bits per heavy atom. The molecular formula is C26H32FN7O. The molecule has 2 aliphatic rings. The summed E-state index contributed by atoms with van der Waals surface area (Å²) >= 11 is 0. The molecule has 1 N–H and O–H groups in total. The Morgan fingerprint density at radius 2 is 2.06 bits per heavy atom. The van der Waals surface area contributed by atoms with Crippen molar-refractivity contribution < 1.29 is 9.13 Å². The molecule has 0 spiro atoms. The molecule has 8 nitrogen and oxygen atoms in total. The second-order valence-electron chi connectivity index (χ2n) is 10.3. The first kappa shape index (κ1) is 22.3. The Kier molecular flexibility index (Phi) is 5.40. The van der Waals surface area contributed by atoms with E-state index in [1.54, 1.807) is 17.8 Å². The highest BCUT2D eigenvalue weighted by Crippen LogP contribution is 2.40. The van der Waals surface area contributed by atoms with E-state index >= 15 is 4.39 Å². The van der Waals surface area contributed by atoms with Crippen LogP contribution in [0.1, 0.15) is 45.1 Å². The van der Waals surface area contributed by atoms with E-state index in [2.05, 4.69) is 50.6 Å². The second kappa shape index (κ2) is 8.48. The zero-order chi connectivity index (χ0) is 24.3. The van der Waals surface area contributed by atoms with E-state index in [1.807, 2.05) is 12.3 Å². The van der Waals surface area contributed by atoms with Gasteiger partial charge in [0, 0.05) is 49.4 Å². The molecule has 1 saturated carbocycles. The maximum Gasteiger partial charge on any atom is 0.197 e. The Balaban J connectivity index is 1.42. The molecule has 1 atom stereocenters. The maximum absolute atomic E-state index is 16.3. The van der Waals surface area contributed by atoms with E-state index in [0.717, 1.165) is 42.4 Å². The lowest BCUT2D eigenvalue weighted by Crippen LogP contribution is -2.53. The molecule has 0 aromatic carbocycles. The molecule has 0 bridgehead atoms. The minimum atomic E-state index is -0.245. The van der Waals surface area contributed by atoms with Crippen LogP contribution in [0.4, 0.5) is 10.2 Å². The van der Waals surface area contributed by atoms with Crippen molar-refractivity contribution in [3.05, 3.63) is 36.2 Å². The SMILES string of the molecule is COc1cc(-c2[nH]c3cnc(N4CCN(CC5CC5)CC4C)c(F)c3c2C(C)C)cn2ncnc12. The summed E-state index contributed by atoms with van der Waals surface area (Å²) in [5.74, 6) is 1.78. The lowest BCUT2D eigenvalue weighted by atomic mass is 9.96. The fraction of sp³-hybridized carbons (Fsp3) is 0.500. The minimum Gasteiger partial charge on any atom is -0.493 e. The number of ether oxygens (including phenoxy) is 1. The number of piperazine rings is 1. The van der Waals surface area contributed by atoms with Crippen LogP contribution >= 0.6 is 0 Å². The van der Waals surface area contributed by atoms with Crippen molar-refractivity contribution in [2.24, 2.45) is 5.92 Å². The number of nitrogens with zero attached hydrogens (tertiary/aromatic N) is 6. The summed E-state index contributed by atoms with van der Waals surface area (Å²) in [4.78, 5) is 17.0. The van der Waals surface area contributed by atoms with Crippen molar-refractivity contribution >= 4 is 22.4 Å². The van der Waals surface area contributed by atoms with Gasteiger partial charge in [0.15, 0.2) is 23.0 Å². The molecular weight excluding hydrogens is 445 g/mol. The van der Waals surface area contributed by atoms with Gasteiger partial charge in [0.2, 0.25) is 0 Å². The number of anilines is 1. The molecule has 4 aromatic rings. The highest BCUT2D eigenvalue weighted by atomic mass is 19.1. The number of H-pyrrole nitrogens is 1. The van der Waals surface area contributed by atoms with Crippen molar-refractivity contribution in [2.75, 3.05) is 38.2 Å². The van der Waals surface area contributed by atoms with E-state index in [0.29, 0.717) is 28.1 Å². The molecule has 5 heterocycles. The molecule has 1 aliphatic heterocycles. The first-order chi connectivity index (χ1) is 16.9. The number of nitrogens with one attached hydrogen (secondary N) is 1. The van der Waals surface area contributed by atoms with E-state index in [-0.39, 0.29) is 17.8 Å². The summed E-state index contributed by atoms with van der Waals surface area (Å²) in [6, 6.07) is 2.13. The van der Waals surface area contributed by atoms with Gasteiger partial charge in [0.25, 0.3) is 0 Å². The Bertz CT molecular complexity index is 1390. The average Bonchev–Trinajstić information content (AvgIpc) is 3.36. The van der Waals surface area contributed by atoms with Crippen LogP contribution in [0, 0.1) is 11.7 Å². The number of rotatable bonds is 6. The number of aromatic nitrogens is 5. The zero-order valence-electron chi connectivity index (χ0n) is 20.8. The van der Waals surface area contributed by atoms with Gasteiger partial charge in [-0.3, -0.25) is 4.90 Å². The Morgan fingerprint density at radius 3 is 2.77 bits per heavy atom. The monoisotopic (exact) mass is 477 g/mol. The largest absolute Gasteiger partial charge is 0.493 e. The number of pyridine rings is 2. The number of halogens is 1. The molecule has 2 fully saturated rings. The van der Waals surface area contributed by atoms with Crippen LogP contribution in [0.3, 0.4) is 0 Å². The minimum absolute atomic E-state index is 0.0914. The number of hydrogen-bond donors (Lipinski definition) is 1. The van der Waals surface area contributed by atoms with Crippen LogP contribution in [0.25, 0.3) is 27.8 Å². The van der Waals surface area contributed by atoms with Gasteiger partial charge < -0.3 is 14.6 Å². The van der Waals surface area contributed by atoms with Crippen LogP contribution in [0.5, 0.6) is 5.75 Å². The Hall–Kier alpha value is -3.20. The summed E-state index contributed by atoms with van der Waals surface area (Å²) < 4.78 is 23.5. The van der Waals surface area contributed by atoms with Gasteiger partial charge in [-0.2, -0.15) is 5.10 Å². The van der Waals surface area contributed by atoms with Crippen molar-refractivity contribution in [3.8, 4) is 17.0 Å². The summed E-state index contributed by atoms with van der Waals surface area (Å²) in [5.41, 5.74) is 3.99. The van der Waals surface area contributed by atoms with Gasteiger partial charge in [-0.25, -0.2) is 18.9 Å². The zero-order valence-corrected chi connectivity index (χ0v) is 20.8. The molecule has 4 aromatic heterocycles. The highest BCUT2D eigenvalue weighted by molar-refractivity contribution is 5.93. The van der Waals surface area contributed by atoms with Crippen LogP contribution in [-0.2, 0) is 0 Å². The smallest absolute Gasteiger partial charge is 0.197 e. The quantitative estimate of drug-likeness (QED) is 0.442. The molecule has 6 rings (SSSR count). The van der Waals surface area contributed by atoms with Crippen molar-refractivity contribution in [2.45, 2.75) is 45.6 Å². The maximum atomic E-state index is 16.3. The number of hydrogen-bond acceptors (Lipinski definition) is 6. The Labute approximate surface area is 204 Å². The van der Waals surface area contributed by atoms with Gasteiger partial charge in [-0.15, -0.1) is 0 Å². The third-order valence-electron chi connectivity index (χ3n) is 7.42. The molecule has 35 heavy (non-hydrogen) atoms. The standard InChI is InChI=1S/C26H32FN7O/c1-15(2)21-22-19(31-24(21)18-9-20(35-4)25-29-14-30-34(25)13-18)10-28-26(23(22)27)33-8-7-32(11-16(33)3)12-17-5-6-17/h9-10,13-17,31H,5-8,11-12H2,1-4H3. The second-order valence-corrected chi connectivity index (χ2v) is 10.3. The number of fused-ring (bicyclic) bond motifs is 2. The van der Waals surface area contributed by atoms with Crippen LogP contribution < -0.4 is 9.64 Å². The summed E-state index contributed by atoms with van der Waals surface area (Å²) in [7, 11) is 1.61. The average molecular weight is 478 g/mol. The third-order valence-corrected chi connectivity index (χ3v) is 7.42. The molecule has 0 amide bonds. The van der Waals surface area contributed by atoms with Crippen molar-refractivity contribution in [1.82, 2.24) is 29.5 Å². The molecule has 1 unspecified atom stereocenters. The van der Waals surface area contributed by atoms with E-state index < -0.39 is 0 Å². The number of methoxy groups -OCH3 is 1. The fourth-order valence-electron chi connectivity index (χ4n) is 5.53. The summed E-state index contributed by atoms with van der Waals surface area (Å²) in [6.45, 7) is 10.2. The van der Waals surface area contributed by atoms with E-state index in [4.69, 9.17) is 4.74 Å².